The van der Waals surface area contributed by atoms with E-state index in [1.165, 1.54) is 36.7 Å². The maximum Gasteiger partial charge on any atom is 0.421 e. The number of carbonyl (C=O) groups is 2. The smallest absolute Gasteiger partial charge is 0.421 e. The van der Waals surface area contributed by atoms with Crippen LogP contribution in [0.5, 0.6) is 5.75 Å². The minimum Gasteiger partial charge on any atom is -0.497 e. The molecular weight excluding hydrogens is 540 g/mol. The van der Waals surface area contributed by atoms with Crippen LogP contribution in [0.3, 0.4) is 0 Å². The number of unbranched alkanes of at least 4 members (excludes halogenated alkanes) is 8. The van der Waals surface area contributed by atoms with Crippen molar-refractivity contribution in [3.05, 3.63) is 54.3 Å². The van der Waals surface area contributed by atoms with Crippen LogP contribution in [-0.4, -0.2) is 55.1 Å². The van der Waals surface area contributed by atoms with Crippen molar-refractivity contribution in [2.45, 2.75) is 116 Å². The molecule has 0 aliphatic carbocycles. The van der Waals surface area contributed by atoms with Gasteiger partial charge in [-0.3, -0.25) is 9.36 Å². The first-order chi connectivity index (χ1) is 20.9. The molecule has 1 aromatic carbocycles. The summed E-state index contributed by atoms with van der Waals surface area (Å²) in [6, 6.07) is 5.72. The van der Waals surface area contributed by atoms with Crippen molar-refractivity contribution >= 4 is 23.0 Å². The largest absolute Gasteiger partial charge is 0.497 e. The van der Waals surface area contributed by atoms with Crippen LogP contribution in [0.1, 0.15) is 115 Å². The lowest BCUT2D eigenvalue weighted by Gasteiger charge is -2.28. The van der Waals surface area contributed by atoms with Crippen molar-refractivity contribution in [3.63, 3.8) is 0 Å². The number of methoxy groups -OCH3 is 1. The molecule has 0 spiro atoms. The number of fused-ring (bicyclic) bond motifs is 1. The van der Waals surface area contributed by atoms with Crippen molar-refractivity contribution in [2.24, 2.45) is 0 Å². The molecule has 2 aromatic rings. The Kier molecular flexibility index (Phi) is 15.4. The van der Waals surface area contributed by atoms with E-state index in [4.69, 9.17) is 14.2 Å². The Hall–Kier alpha value is -3.06. The van der Waals surface area contributed by atoms with Crippen LogP contribution in [-0.2, 0) is 14.3 Å². The number of likely N-dealkylation sites (tertiary alicyclic amines) is 1. The number of esters is 1. The lowest BCUT2D eigenvalue weighted by molar-refractivity contribution is -0.164. The van der Waals surface area contributed by atoms with Crippen molar-refractivity contribution in [2.75, 3.05) is 27.2 Å². The van der Waals surface area contributed by atoms with Crippen molar-refractivity contribution in [1.82, 2.24) is 9.47 Å². The zero-order valence-corrected chi connectivity index (χ0v) is 27.0. The fourth-order valence-corrected chi connectivity index (χ4v) is 5.71. The summed E-state index contributed by atoms with van der Waals surface area (Å²) in [4.78, 5) is 27.9. The van der Waals surface area contributed by atoms with E-state index in [2.05, 4.69) is 43.2 Å². The first-order valence-corrected chi connectivity index (χ1v) is 16.5. The Morgan fingerprint density at radius 2 is 1.60 bits per heavy atom. The molecule has 0 radical (unpaired) electrons. The molecular formula is C36H54N2O5. The molecule has 2 heterocycles. The first-order valence-electron chi connectivity index (χ1n) is 16.5. The minimum atomic E-state index is -0.958. The third-order valence-electron chi connectivity index (χ3n) is 8.29. The minimum absolute atomic E-state index is 0.332. The third-order valence-corrected chi connectivity index (χ3v) is 8.29. The van der Waals surface area contributed by atoms with Crippen LogP contribution in [0.2, 0.25) is 0 Å². The zero-order valence-electron chi connectivity index (χ0n) is 27.0. The van der Waals surface area contributed by atoms with Gasteiger partial charge in [0.1, 0.15) is 5.75 Å². The monoisotopic (exact) mass is 594 g/mol. The highest BCUT2D eigenvalue weighted by molar-refractivity contribution is 5.93. The topological polar surface area (TPSA) is 70.0 Å². The number of hydrogen-bond acceptors (Lipinski definition) is 6. The second kappa shape index (κ2) is 19.3. The van der Waals surface area contributed by atoms with Gasteiger partial charge in [-0.15, -0.1) is 0 Å². The standard InChI is InChI=1S/C36H54N2O5/c1-5-6-7-8-9-10-11-12-13-14-15-16-17-18-19-20-35(39)42-29(2)43-36(40)38-28-33(30-23-25-37(3)26-24-30)32-27-31(41-4)21-22-34(32)38/h9-10,12-13,21-22,27-30H,5-8,11,14-20,23-26H2,1-4H3/b10-9-,13-12-. The van der Waals surface area contributed by atoms with E-state index < -0.39 is 12.4 Å². The lowest BCUT2D eigenvalue weighted by atomic mass is 9.89. The maximum absolute atomic E-state index is 13.2. The molecule has 1 unspecified atom stereocenters. The van der Waals surface area contributed by atoms with E-state index in [-0.39, 0.29) is 5.97 Å². The molecule has 0 amide bonds. The van der Waals surface area contributed by atoms with Crippen LogP contribution in [0.4, 0.5) is 4.79 Å². The van der Waals surface area contributed by atoms with Gasteiger partial charge in [-0.25, -0.2) is 4.79 Å². The van der Waals surface area contributed by atoms with E-state index in [0.717, 1.165) is 86.7 Å². The summed E-state index contributed by atoms with van der Waals surface area (Å²) in [5.41, 5.74) is 1.90. The molecule has 0 saturated carbocycles. The Morgan fingerprint density at radius 1 is 0.930 bits per heavy atom. The van der Waals surface area contributed by atoms with E-state index >= 15 is 0 Å². The highest BCUT2D eigenvalue weighted by atomic mass is 16.7. The number of benzene rings is 1. The molecule has 7 nitrogen and oxygen atoms in total. The van der Waals surface area contributed by atoms with E-state index in [9.17, 15) is 9.59 Å². The van der Waals surface area contributed by atoms with Crippen LogP contribution >= 0.6 is 0 Å². The summed E-state index contributed by atoms with van der Waals surface area (Å²) in [5, 5.41) is 0.997. The highest BCUT2D eigenvalue weighted by Gasteiger charge is 2.25. The molecule has 43 heavy (non-hydrogen) atoms. The molecule has 0 bridgehead atoms. The Balaban J connectivity index is 1.35. The van der Waals surface area contributed by atoms with Crippen molar-refractivity contribution in [3.8, 4) is 5.75 Å². The van der Waals surface area contributed by atoms with Crippen molar-refractivity contribution < 1.29 is 23.8 Å². The predicted octanol–water partition coefficient (Wildman–Crippen LogP) is 9.15. The molecule has 1 fully saturated rings. The van der Waals surface area contributed by atoms with Gasteiger partial charge in [-0.05, 0) is 101 Å². The number of piperidine rings is 1. The van der Waals surface area contributed by atoms with E-state index in [0.29, 0.717) is 12.3 Å². The second-order valence-corrected chi connectivity index (χ2v) is 11.8. The summed E-state index contributed by atoms with van der Waals surface area (Å²) in [6.45, 7) is 5.87. The predicted molar refractivity (Wildman–Crippen MR) is 175 cm³/mol. The number of carbonyl (C=O) groups excluding carboxylic acids is 2. The Morgan fingerprint density at radius 3 is 2.30 bits per heavy atom. The summed E-state index contributed by atoms with van der Waals surface area (Å²) < 4.78 is 18.0. The molecule has 1 aliphatic rings. The Labute approximate surface area is 259 Å². The fraction of sp³-hybridized carbons (Fsp3) is 0.611. The number of rotatable bonds is 18. The van der Waals surface area contributed by atoms with Gasteiger partial charge in [-0.1, -0.05) is 63.3 Å². The number of nitrogens with zero attached hydrogens (tertiary/aromatic N) is 2. The molecule has 1 aromatic heterocycles. The third kappa shape index (κ3) is 11.9. The van der Waals surface area contributed by atoms with Gasteiger partial charge in [0.2, 0.25) is 6.29 Å². The second-order valence-electron chi connectivity index (χ2n) is 11.8. The molecule has 0 N–H and O–H groups in total. The molecule has 1 aliphatic heterocycles. The van der Waals surface area contributed by atoms with E-state index in [1.807, 2.05) is 24.4 Å². The van der Waals surface area contributed by atoms with Gasteiger partial charge < -0.3 is 19.1 Å². The molecule has 1 atom stereocenters. The van der Waals surface area contributed by atoms with Crippen LogP contribution < -0.4 is 4.74 Å². The summed E-state index contributed by atoms with van der Waals surface area (Å²) in [5.74, 6) is 0.780. The van der Waals surface area contributed by atoms with Gasteiger partial charge in [-0.2, -0.15) is 0 Å². The maximum atomic E-state index is 13.2. The van der Waals surface area contributed by atoms with Gasteiger partial charge in [0.05, 0.1) is 12.6 Å². The average molecular weight is 595 g/mol. The highest BCUT2D eigenvalue weighted by Crippen LogP contribution is 2.36. The Bertz CT molecular complexity index is 1180. The van der Waals surface area contributed by atoms with Gasteiger partial charge >= 0.3 is 12.1 Å². The molecule has 7 heteroatoms. The summed E-state index contributed by atoms with van der Waals surface area (Å²) in [6.07, 6.45) is 24.3. The molecule has 3 rings (SSSR count). The van der Waals surface area contributed by atoms with Crippen molar-refractivity contribution in [1.29, 1.82) is 0 Å². The summed E-state index contributed by atoms with van der Waals surface area (Å²) in [7, 11) is 3.78. The number of ether oxygens (including phenoxy) is 3. The number of allylic oxidation sites excluding steroid dienone is 4. The first kappa shape index (κ1) is 34.4. The normalized spacial score (nSPS) is 15.4. The molecule has 238 valence electrons. The van der Waals surface area contributed by atoms with Crippen LogP contribution in [0, 0.1) is 0 Å². The van der Waals surface area contributed by atoms with Crippen LogP contribution in [0.15, 0.2) is 48.7 Å². The molecule has 1 saturated heterocycles. The lowest BCUT2D eigenvalue weighted by Crippen LogP contribution is -2.29. The fourth-order valence-electron chi connectivity index (χ4n) is 5.71. The van der Waals surface area contributed by atoms with E-state index in [1.54, 1.807) is 14.0 Å². The number of hydrogen-bond donors (Lipinski definition) is 0. The average Bonchev–Trinajstić information content (AvgIpc) is 3.38. The SMILES string of the molecule is CCCCC/C=C\C/C=C\CCCCCCCC(=O)OC(C)OC(=O)n1cc(C2CCN(C)CC2)c2cc(OC)ccc21. The van der Waals surface area contributed by atoms with Gasteiger partial charge in [0, 0.05) is 24.9 Å². The van der Waals surface area contributed by atoms with Crippen LogP contribution in [0.25, 0.3) is 10.9 Å². The zero-order chi connectivity index (χ0) is 30.9. The summed E-state index contributed by atoms with van der Waals surface area (Å²) >= 11 is 0. The van der Waals surface area contributed by atoms with Gasteiger partial charge in [0.15, 0.2) is 0 Å². The van der Waals surface area contributed by atoms with Gasteiger partial charge in [0.25, 0.3) is 0 Å². The quantitative estimate of drug-likeness (QED) is 0.0742. The number of aromatic nitrogens is 1.